The van der Waals surface area contributed by atoms with Crippen LogP contribution in [0.5, 0.6) is 0 Å². The number of allylic oxidation sites excluding steroid dienone is 3. The lowest BCUT2D eigenvalue weighted by Gasteiger charge is -2.33. The molecule has 0 saturated carbocycles. The summed E-state index contributed by atoms with van der Waals surface area (Å²) in [4.78, 5) is 29.9. The Morgan fingerprint density at radius 1 is 1.15 bits per heavy atom. The first-order valence-electron chi connectivity index (χ1n) is 13.4. The number of H-pyrrole nitrogens is 1. The van der Waals surface area contributed by atoms with Crippen molar-refractivity contribution in [1.29, 1.82) is 0 Å². The number of carbonyl (C=O) groups excluding carboxylic acids is 1. The van der Waals surface area contributed by atoms with Gasteiger partial charge in [0.25, 0.3) is 11.5 Å². The number of rotatable bonds is 8. The zero-order valence-corrected chi connectivity index (χ0v) is 24.2. The number of halogens is 2. The second kappa shape index (κ2) is 14.4. The summed E-state index contributed by atoms with van der Waals surface area (Å²) in [7, 11) is 0. The molecule has 0 spiro atoms. The van der Waals surface area contributed by atoms with E-state index >= 15 is 0 Å². The molecule has 3 rings (SSSR count). The Morgan fingerprint density at radius 3 is 2.31 bits per heavy atom. The second-order valence-corrected chi connectivity index (χ2v) is 9.92. The van der Waals surface area contributed by atoms with Crippen LogP contribution in [0.15, 0.2) is 76.5 Å². The zero-order chi connectivity index (χ0) is 29.3. The first kappa shape index (κ1) is 31.5. The molecule has 210 valence electrons. The van der Waals surface area contributed by atoms with Gasteiger partial charge in [-0.1, -0.05) is 45.9 Å². The highest BCUT2D eigenvalue weighted by Crippen LogP contribution is 2.33. The second-order valence-electron chi connectivity index (χ2n) is 9.92. The maximum atomic E-state index is 12.9. The Bertz CT molecular complexity index is 1330. The first-order valence-corrected chi connectivity index (χ1v) is 13.4. The summed E-state index contributed by atoms with van der Waals surface area (Å²) in [5, 5.41) is 2.90. The van der Waals surface area contributed by atoms with E-state index in [9.17, 15) is 18.4 Å². The van der Waals surface area contributed by atoms with Crippen LogP contribution in [0.25, 0.3) is 0 Å². The van der Waals surface area contributed by atoms with E-state index in [2.05, 4.69) is 30.7 Å². The van der Waals surface area contributed by atoms with E-state index < -0.39 is 11.6 Å². The van der Waals surface area contributed by atoms with Crippen molar-refractivity contribution in [3.05, 3.63) is 116 Å². The Morgan fingerprint density at radius 2 is 1.79 bits per heavy atom. The predicted molar refractivity (Wildman–Crippen MR) is 155 cm³/mol. The number of hydrogen-bond acceptors (Lipinski definition) is 3. The quantitative estimate of drug-likeness (QED) is 0.376. The van der Waals surface area contributed by atoms with Crippen molar-refractivity contribution in [2.75, 3.05) is 0 Å². The van der Waals surface area contributed by atoms with E-state index in [0.29, 0.717) is 17.6 Å². The number of aryl methyl sites for hydroxylation is 2. The van der Waals surface area contributed by atoms with Crippen molar-refractivity contribution in [2.24, 2.45) is 5.92 Å². The van der Waals surface area contributed by atoms with Gasteiger partial charge in [-0.25, -0.2) is 8.78 Å². The van der Waals surface area contributed by atoms with Crippen molar-refractivity contribution in [3.8, 4) is 0 Å². The number of amides is 1. The average molecular weight is 538 g/mol. The van der Waals surface area contributed by atoms with Crippen molar-refractivity contribution in [2.45, 2.75) is 74.3 Å². The highest BCUT2D eigenvalue weighted by Gasteiger charge is 2.26. The Labute approximate surface area is 231 Å². The summed E-state index contributed by atoms with van der Waals surface area (Å²) in [6.07, 6.45) is 7.87. The molecule has 5 nitrogen and oxygen atoms in total. The zero-order valence-electron chi connectivity index (χ0n) is 24.2. The minimum absolute atomic E-state index is 0.160. The van der Waals surface area contributed by atoms with E-state index in [0.717, 1.165) is 41.1 Å². The van der Waals surface area contributed by atoms with Gasteiger partial charge in [0, 0.05) is 46.5 Å². The number of aromatic nitrogens is 1. The molecule has 0 atom stereocenters. The van der Waals surface area contributed by atoms with E-state index in [1.54, 1.807) is 6.20 Å². The van der Waals surface area contributed by atoms with Gasteiger partial charge in [-0.2, -0.15) is 0 Å². The number of pyridine rings is 1. The molecule has 1 amide bonds. The van der Waals surface area contributed by atoms with Gasteiger partial charge in [-0.3, -0.25) is 9.59 Å². The van der Waals surface area contributed by atoms with Gasteiger partial charge < -0.3 is 15.2 Å². The fourth-order valence-corrected chi connectivity index (χ4v) is 4.65. The van der Waals surface area contributed by atoms with E-state index in [-0.39, 0.29) is 29.5 Å². The van der Waals surface area contributed by atoms with Crippen LogP contribution in [0.4, 0.5) is 8.78 Å². The molecule has 0 saturated heterocycles. The molecule has 7 heteroatoms. The SMILES string of the molecule is C=CN1C(C(C)C)=C(C)C(C(=O)NCc2c(C)cc(C)[nH]c2=O)=C/C1=C/C.CCCCc1c(F)cccc1F. The Balaban J connectivity index is 0.000000370. The lowest BCUT2D eigenvalue weighted by molar-refractivity contribution is -0.117. The summed E-state index contributed by atoms with van der Waals surface area (Å²) in [5.74, 6) is -0.809. The summed E-state index contributed by atoms with van der Waals surface area (Å²) in [6.45, 7) is 17.9. The number of unbranched alkanes of at least 4 members (excludes halogenated alkanes) is 1. The van der Waals surface area contributed by atoms with Gasteiger partial charge in [0.1, 0.15) is 11.6 Å². The van der Waals surface area contributed by atoms with Crippen LogP contribution in [0.1, 0.15) is 69.8 Å². The van der Waals surface area contributed by atoms with Gasteiger partial charge in [0.2, 0.25) is 0 Å². The molecule has 0 fully saturated rings. The molecular weight excluding hydrogens is 496 g/mol. The van der Waals surface area contributed by atoms with Crippen molar-refractivity contribution in [3.63, 3.8) is 0 Å². The van der Waals surface area contributed by atoms with E-state index in [1.165, 1.54) is 18.2 Å². The average Bonchev–Trinajstić information content (AvgIpc) is 2.87. The third kappa shape index (κ3) is 7.88. The summed E-state index contributed by atoms with van der Waals surface area (Å²) < 4.78 is 25.9. The molecule has 1 aromatic carbocycles. The number of hydrogen-bond donors (Lipinski definition) is 2. The Kier molecular flexibility index (Phi) is 11.6. The molecule has 0 radical (unpaired) electrons. The van der Waals surface area contributed by atoms with Gasteiger partial charge in [0.15, 0.2) is 0 Å². The summed E-state index contributed by atoms with van der Waals surface area (Å²) in [5.41, 5.74) is 5.82. The maximum Gasteiger partial charge on any atom is 0.253 e. The predicted octanol–water partition coefficient (Wildman–Crippen LogP) is 7.13. The van der Waals surface area contributed by atoms with Crippen molar-refractivity contribution >= 4 is 5.91 Å². The van der Waals surface area contributed by atoms with E-state index in [1.807, 2.05) is 57.7 Å². The van der Waals surface area contributed by atoms with Crippen LogP contribution in [0.2, 0.25) is 0 Å². The molecule has 0 bridgehead atoms. The van der Waals surface area contributed by atoms with Crippen molar-refractivity contribution < 1.29 is 13.6 Å². The maximum absolute atomic E-state index is 12.9. The number of nitrogens with one attached hydrogen (secondary N) is 2. The van der Waals surface area contributed by atoms with E-state index in [4.69, 9.17) is 0 Å². The standard InChI is InChI=1S/C22H29N3O2.C10H12F2/c1-8-17-11-18(16(7)20(13(3)4)25(17)9-2)21(26)23-12-19-14(5)10-15(6)24-22(19)27;1-2-3-5-8-9(11)6-4-7-10(8)12/h8-11,13H,2,12H2,1,3-7H3,(H,23,26)(H,24,27);4,6-7H,2-3,5H2,1H3/b17-8-;. The monoisotopic (exact) mass is 537 g/mol. The largest absolute Gasteiger partial charge is 0.348 e. The first-order chi connectivity index (χ1) is 18.5. The van der Waals surface area contributed by atoms with Crippen LogP contribution < -0.4 is 10.9 Å². The molecule has 0 unspecified atom stereocenters. The number of benzene rings is 1. The fourth-order valence-electron chi connectivity index (χ4n) is 4.65. The van der Waals surface area contributed by atoms with Crippen LogP contribution in [0, 0.1) is 31.4 Å². The molecule has 2 N–H and O–H groups in total. The topological polar surface area (TPSA) is 65.2 Å². The van der Waals surface area contributed by atoms with Crippen molar-refractivity contribution in [1.82, 2.24) is 15.2 Å². The van der Waals surface area contributed by atoms with Gasteiger partial charge in [0.05, 0.1) is 0 Å². The lowest BCUT2D eigenvalue weighted by atomic mass is 9.92. The summed E-state index contributed by atoms with van der Waals surface area (Å²) in [6, 6.07) is 5.90. The Hall–Kier alpha value is -3.74. The molecule has 2 heterocycles. The highest BCUT2D eigenvalue weighted by atomic mass is 19.1. The molecule has 39 heavy (non-hydrogen) atoms. The minimum atomic E-state index is -0.427. The molecule has 0 aliphatic carbocycles. The van der Waals surface area contributed by atoms with Crippen LogP contribution in [-0.2, 0) is 17.8 Å². The molecule has 1 aliphatic rings. The van der Waals surface area contributed by atoms with Crippen LogP contribution in [0.3, 0.4) is 0 Å². The third-order valence-corrected chi connectivity index (χ3v) is 6.65. The lowest BCUT2D eigenvalue weighted by Crippen LogP contribution is -2.32. The molecular formula is C32H41F2N3O2. The number of nitrogens with zero attached hydrogens (tertiary/aromatic N) is 1. The molecule has 2 aromatic rings. The van der Waals surface area contributed by atoms with Crippen LogP contribution in [-0.4, -0.2) is 15.8 Å². The van der Waals surface area contributed by atoms with Gasteiger partial charge >= 0.3 is 0 Å². The smallest absolute Gasteiger partial charge is 0.253 e. The van der Waals surface area contributed by atoms with Gasteiger partial charge in [-0.15, -0.1) is 0 Å². The molecule has 1 aromatic heterocycles. The fraction of sp³-hybridized carbons (Fsp3) is 0.375. The van der Waals surface area contributed by atoms with Gasteiger partial charge in [-0.05, 0) is 81.9 Å². The minimum Gasteiger partial charge on any atom is -0.348 e. The third-order valence-electron chi connectivity index (χ3n) is 6.65. The van der Waals surface area contributed by atoms with Crippen LogP contribution >= 0.6 is 0 Å². The highest BCUT2D eigenvalue weighted by molar-refractivity contribution is 5.98. The summed E-state index contributed by atoms with van der Waals surface area (Å²) >= 11 is 0. The molecule has 1 aliphatic heterocycles. The number of carbonyl (C=O) groups is 1. The normalized spacial score (nSPS) is 14.3. The number of aromatic amines is 1.